The van der Waals surface area contributed by atoms with E-state index in [1.807, 2.05) is 6.07 Å². The van der Waals surface area contributed by atoms with Gasteiger partial charge in [0.2, 0.25) is 0 Å². The highest BCUT2D eigenvalue weighted by Gasteiger charge is 2.47. The highest BCUT2D eigenvalue weighted by molar-refractivity contribution is 5.83. The molecule has 1 fully saturated rings. The molecule has 0 aliphatic heterocycles. The summed E-state index contributed by atoms with van der Waals surface area (Å²) in [6, 6.07) is 7.87. The minimum absolute atomic E-state index is 0.0990. The number of fused-ring (bicyclic) bond motifs is 1. The molecule has 0 bridgehead atoms. The van der Waals surface area contributed by atoms with Gasteiger partial charge in [-0.3, -0.25) is 4.68 Å². The molecule has 154 valence electrons. The number of nitrogen functional groups attached to an aromatic ring is 1. The number of aliphatic hydroxyl groups is 1. The number of nitrogens with zero attached hydrogens (tertiary/aromatic N) is 8. The van der Waals surface area contributed by atoms with E-state index >= 15 is 0 Å². The first-order chi connectivity index (χ1) is 15.1. The number of rotatable bonds is 5. The second-order valence-electron chi connectivity index (χ2n) is 7.64. The maximum Gasteiger partial charge on any atom is 0.162 e. The third-order valence-corrected chi connectivity index (χ3v) is 5.69. The minimum atomic E-state index is -0.544. The lowest BCUT2D eigenvalue weighted by Crippen LogP contribution is -2.46. The zero-order valence-electron chi connectivity index (χ0n) is 16.3. The summed E-state index contributed by atoms with van der Waals surface area (Å²) in [5.41, 5.74) is 8.53. The molecule has 0 aromatic carbocycles. The standard InChI is InChI=1S/C20H17N9O2/c21-3-2-20(6-12(7-20)8-22)29-9-14(19(23)26-29)18-17-1-4-24-28(17)10-16(25-18)15-5-13(11-30)31-27-15/h1,4-5,9-10,12,30H,2,6-7,11H2,(H2,23,26). The molecule has 0 saturated heterocycles. The molecule has 4 aromatic heterocycles. The molecule has 3 N–H and O–H groups in total. The summed E-state index contributed by atoms with van der Waals surface area (Å²) in [6.07, 6.45) is 6.48. The van der Waals surface area contributed by atoms with Crippen LogP contribution in [0.5, 0.6) is 0 Å². The van der Waals surface area contributed by atoms with Crippen molar-refractivity contribution in [2.45, 2.75) is 31.4 Å². The van der Waals surface area contributed by atoms with Gasteiger partial charge in [0.15, 0.2) is 11.6 Å². The Labute approximate surface area is 175 Å². The van der Waals surface area contributed by atoms with Crippen LogP contribution in [0.15, 0.2) is 35.2 Å². The molecule has 5 rings (SSSR count). The highest BCUT2D eigenvalue weighted by atomic mass is 16.5. The largest absolute Gasteiger partial charge is 0.388 e. The first-order valence-electron chi connectivity index (χ1n) is 9.60. The maximum atomic E-state index is 9.32. The van der Waals surface area contributed by atoms with E-state index in [0.717, 1.165) is 5.52 Å². The van der Waals surface area contributed by atoms with Gasteiger partial charge in [-0.05, 0) is 18.9 Å². The van der Waals surface area contributed by atoms with Crippen LogP contribution in [0.4, 0.5) is 5.82 Å². The summed E-state index contributed by atoms with van der Waals surface area (Å²) < 4.78 is 8.44. The van der Waals surface area contributed by atoms with Gasteiger partial charge in [-0.2, -0.15) is 20.7 Å². The predicted molar refractivity (Wildman–Crippen MR) is 107 cm³/mol. The molecule has 0 unspecified atom stereocenters. The van der Waals surface area contributed by atoms with Gasteiger partial charge in [0.1, 0.15) is 23.7 Å². The maximum absolute atomic E-state index is 9.32. The van der Waals surface area contributed by atoms with Crippen molar-refractivity contribution in [3.05, 3.63) is 36.5 Å². The van der Waals surface area contributed by atoms with E-state index in [0.29, 0.717) is 41.2 Å². The molecular weight excluding hydrogens is 398 g/mol. The fraction of sp³-hybridized carbons (Fsp3) is 0.300. The number of nitrogens with two attached hydrogens (primary N) is 1. The second-order valence-corrected chi connectivity index (χ2v) is 7.64. The van der Waals surface area contributed by atoms with Crippen molar-refractivity contribution in [2.24, 2.45) is 5.92 Å². The van der Waals surface area contributed by atoms with E-state index in [9.17, 15) is 15.6 Å². The molecule has 1 aliphatic rings. The SMILES string of the molecule is N#CCC1(n2cc(-c3nc(-c4cc(CO)on4)cn4nccc34)c(N)n2)CC(C#N)C1. The Bertz CT molecular complexity index is 1360. The molecule has 11 nitrogen and oxygen atoms in total. The van der Waals surface area contributed by atoms with Gasteiger partial charge in [-0.15, -0.1) is 0 Å². The number of nitriles is 2. The summed E-state index contributed by atoms with van der Waals surface area (Å²) in [5.74, 6) is 0.487. The van der Waals surface area contributed by atoms with E-state index in [4.69, 9.17) is 15.2 Å². The van der Waals surface area contributed by atoms with Crippen molar-refractivity contribution in [2.75, 3.05) is 5.73 Å². The normalized spacial score (nSPS) is 20.3. The van der Waals surface area contributed by atoms with Gasteiger partial charge in [0, 0.05) is 12.3 Å². The summed E-state index contributed by atoms with van der Waals surface area (Å²) in [7, 11) is 0. The van der Waals surface area contributed by atoms with Gasteiger partial charge in [-0.1, -0.05) is 5.16 Å². The Morgan fingerprint density at radius 1 is 1.29 bits per heavy atom. The molecule has 0 spiro atoms. The fourth-order valence-corrected chi connectivity index (χ4v) is 4.08. The van der Waals surface area contributed by atoms with Crippen LogP contribution < -0.4 is 5.73 Å². The zero-order valence-corrected chi connectivity index (χ0v) is 16.3. The van der Waals surface area contributed by atoms with Gasteiger partial charge in [0.25, 0.3) is 0 Å². The summed E-state index contributed by atoms with van der Waals surface area (Å²) in [4.78, 5) is 4.72. The van der Waals surface area contributed by atoms with Crippen LogP contribution in [0, 0.1) is 28.6 Å². The first-order valence-corrected chi connectivity index (χ1v) is 9.60. The Kier molecular flexibility index (Phi) is 4.20. The fourth-order valence-electron chi connectivity index (χ4n) is 4.08. The molecule has 0 amide bonds. The van der Waals surface area contributed by atoms with Crippen LogP contribution in [0.1, 0.15) is 25.0 Å². The van der Waals surface area contributed by atoms with Crippen LogP contribution in [0.3, 0.4) is 0 Å². The van der Waals surface area contributed by atoms with Crippen molar-refractivity contribution in [3.63, 3.8) is 0 Å². The zero-order chi connectivity index (χ0) is 21.6. The van der Waals surface area contributed by atoms with Crippen molar-refractivity contribution in [3.8, 4) is 34.8 Å². The van der Waals surface area contributed by atoms with Gasteiger partial charge >= 0.3 is 0 Å². The average Bonchev–Trinajstić information content (AvgIpc) is 3.48. The molecular formula is C20H17N9O2. The number of hydrogen-bond acceptors (Lipinski definition) is 9. The first kappa shape index (κ1) is 18.8. The van der Waals surface area contributed by atoms with Crippen LogP contribution in [0.2, 0.25) is 0 Å². The lowest BCUT2D eigenvalue weighted by molar-refractivity contribution is 0.0885. The van der Waals surface area contributed by atoms with E-state index in [1.54, 1.807) is 33.9 Å². The Hall–Kier alpha value is -4.22. The Morgan fingerprint density at radius 3 is 2.84 bits per heavy atom. The summed E-state index contributed by atoms with van der Waals surface area (Å²) in [5, 5.41) is 40.5. The number of aromatic nitrogens is 6. The smallest absolute Gasteiger partial charge is 0.162 e. The number of hydrogen-bond donors (Lipinski definition) is 2. The molecule has 4 aromatic rings. The predicted octanol–water partition coefficient (Wildman–Crippen LogP) is 1.86. The van der Waals surface area contributed by atoms with E-state index in [1.165, 1.54) is 0 Å². The summed E-state index contributed by atoms with van der Waals surface area (Å²) >= 11 is 0. The lowest BCUT2D eigenvalue weighted by Gasteiger charge is -2.43. The number of aliphatic hydroxyl groups excluding tert-OH is 1. The van der Waals surface area contributed by atoms with Crippen molar-refractivity contribution >= 4 is 11.3 Å². The van der Waals surface area contributed by atoms with Gasteiger partial charge < -0.3 is 15.4 Å². The average molecular weight is 415 g/mol. The van der Waals surface area contributed by atoms with Crippen molar-refractivity contribution < 1.29 is 9.63 Å². The summed E-state index contributed by atoms with van der Waals surface area (Å²) in [6.45, 7) is -0.270. The highest BCUT2D eigenvalue weighted by Crippen LogP contribution is 2.47. The Morgan fingerprint density at radius 2 is 2.13 bits per heavy atom. The van der Waals surface area contributed by atoms with Crippen LogP contribution in [-0.2, 0) is 12.1 Å². The minimum Gasteiger partial charge on any atom is -0.388 e. The van der Waals surface area contributed by atoms with Gasteiger partial charge in [-0.25, -0.2) is 9.50 Å². The van der Waals surface area contributed by atoms with Crippen LogP contribution >= 0.6 is 0 Å². The third kappa shape index (κ3) is 2.91. The third-order valence-electron chi connectivity index (χ3n) is 5.69. The van der Waals surface area contributed by atoms with Gasteiger partial charge in [0.05, 0.1) is 53.5 Å². The number of anilines is 1. The lowest BCUT2D eigenvalue weighted by atomic mass is 9.67. The molecule has 0 atom stereocenters. The van der Waals surface area contributed by atoms with E-state index in [-0.39, 0.29) is 24.8 Å². The molecule has 1 aliphatic carbocycles. The molecule has 1 saturated carbocycles. The van der Waals surface area contributed by atoms with Crippen molar-refractivity contribution in [1.82, 2.24) is 29.5 Å². The van der Waals surface area contributed by atoms with Crippen LogP contribution in [0.25, 0.3) is 28.2 Å². The van der Waals surface area contributed by atoms with E-state index < -0.39 is 5.54 Å². The topological polar surface area (TPSA) is 168 Å². The molecule has 0 radical (unpaired) electrons. The molecule has 4 heterocycles. The van der Waals surface area contributed by atoms with E-state index in [2.05, 4.69) is 27.5 Å². The van der Waals surface area contributed by atoms with Crippen molar-refractivity contribution in [1.29, 1.82) is 10.5 Å². The molecule has 11 heteroatoms. The second kappa shape index (κ2) is 6.93. The van der Waals surface area contributed by atoms with Crippen LogP contribution in [-0.4, -0.2) is 34.6 Å². The molecule has 31 heavy (non-hydrogen) atoms. The Balaban J connectivity index is 1.62. The monoisotopic (exact) mass is 415 g/mol. The quantitative estimate of drug-likeness (QED) is 0.494.